The Labute approximate surface area is 127 Å². The molecule has 7 nitrogen and oxygen atoms in total. The van der Waals surface area contributed by atoms with Crippen LogP contribution in [0.25, 0.3) is 0 Å². The Morgan fingerprint density at radius 1 is 1.27 bits per heavy atom. The molecule has 2 aromatic rings. The molecule has 0 saturated carbocycles. The van der Waals surface area contributed by atoms with Gasteiger partial charge >= 0.3 is 12.1 Å². The predicted molar refractivity (Wildman–Crippen MR) is 80.0 cm³/mol. The number of aryl methyl sites for hydroxylation is 2. The van der Waals surface area contributed by atoms with E-state index >= 15 is 0 Å². The standard InChI is InChI=1S/C15H17N3O4/c1-4-21-14(19)12-10(2)17-18(3)13(12)16-15(20)22-11-8-6-5-7-9-11/h5-9H,4H2,1-3H3,(H,16,20). The molecule has 116 valence electrons. The predicted octanol–water partition coefficient (Wildman–Crippen LogP) is 2.52. The molecule has 7 heteroatoms. The highest BCUT2D eigenvalue weighted by atomic mass is 16.6. The van der Waals surface area contributed by atoms with Crippen LogP contribution in [0.15, 0.2) is 30.3 Å². The van der Waals surface area contributed by atoms with Gasteiger partial charge in [-0.05, 0) is 26.0 Å². The zero-order chi connectivity index (χ0) is 16.1. The molecule has 0 spiro atoms. The van der Waals surface area contributed by atoms with Crippen LogP contribution in [0.2, 0.25) is 0 Å². The largest absolute Gasteiger partial charge is 0.462 e. The number of aromatic nitrogens is 2. The Morgan fingerprint density at radius 2 is 1.95 bits per heavy atom. The van der Waals surface area contributed by atoms with Crippen molar-refractivity contribution in [3.63, 3.8) is 0 Å². The third kappa shape index (κ3) is 3.43. The van der Waals surface area contributed by atoms with Crippen LogP contribution in [0.4, 0.5) is 10.6 Å². The van der Waals surface area contributed by atoms with Gasteiger partial charge in [-0.3, -0.25) is 10.00 Å². The summed E-state index contributed by atoms with van der Waals surface area (Å²) >= 11 is 0. The lowest BCUT2D eigenvalue weighted by molar-refractivity contribution is 0.0526. The molecule has 1 amide bonds. The minimum atomic E-state index is -0.709. The molecule has 0 aliphatic carbocycles. The van der Waals surface area contributed by atoms with E-state index in [1.807, 2.05) is 6.07 Å². The lowest BCUT2D eigenvalue weighted by Crippen LogP contribution is -2.21. The van der Waals surface area contributed by atoms with Gasteiger partial charge in [0.1, 0.15) is 17.1 Å². The first kappa shape index (κ1) is 15.6. The molecule has 22 heavy (non-hydrogen) atoms. The van der Waals surface area contributed by atoms with E-state index in [2.05, 4.69) is 10.4 Å². The molecule has 1 N–H and O–H groups in total. The summed E-state index contributed by atoms with van der Waals surface area (Å²) in [5, 5.41) is 6.65. The summed E-state index contributed by atoms with van der Waals surface area (Å²) in [6, 6.07) is 8.62. The minimum absolute atomic E-state index is 0.217. The molecular formula is C15H17N3O4. The summed E-state index contributed by atoms with van der Waals surface area (Å²) in [4.78, 5) is 23.9. The van der Waals surface area contributed by atoms with Crippen LogP contribution in [0, 0.1) is 6.92 Å². The molecule has 1 heterocycles. The van der Waals surface area contributed by atoms with Gasteiger partial charge in [0.15, 0.2) is 0 Å². The maximum atomic E-state index is 12.0. The van der Waals surface area contributed by atoms with Gasteiger partial charge in [0.2, 0.25) is 0 Å². The van der Waals surface area contributed by atoms with Crippen molar-refractivity contribution in [2.45, 2.75) is 13.8 Å². The number of amides is 1. The molecule has 0 unspecified atom stereocenters. The number of anilines is 1. The molecule has 1 aromatic carbocycles. The van der Waals surface area contributed by atoms with Gasteiger partial charge in [0, 0.05) is 7.05 Å². The number of carbonyl (C=O) groups is 2. The number of hydrogen-bond acceptors (Lipinski definition) is 5. The van der Waals surface area contributed by atoms with Crippen LogP contribution >= 0.6 is 0 Å². The van der Waals surface area contributed by atoms with Gasteiger partial charge in [-0.1, -0.05) is 18.2 Å². The van der Waals surface area contributed by atoms with E-state index in [0.717, 1.165) is 0 Å². The molecule has 0 bridgehead atoms. The summed E-state index contributed by atoms with van der Waals surface area (Å²) < 4.78 is 11.5. The van der Waals surface area contributed by atoms with Crippen LogP contribution < -0.4 is 10.1 Å². The zero-order valence-corrected chi connectivity index (χ0v) is 12.6. The fraction of sp³-hybridized carbons (Fsp3) is 0.267. The van der Waals surface area contributed by atoms with Crippen molar-refractivity contribution in [2.75, 3.05) is 11.9 Å². The third-order valence-corrected chi connectivity index (χ3v) is 2.88. The molecule has 0 saturated heterocycles. The maximum Gasteiger partial charge on any atom is 0.418 e. The molecule has 1 aromatic heterocycles. The van der Waals surface area contributed by atoms with E-state index in [9.17, 15) is 9.59 Å². The molecule has 0 radical (unpaired) electrons. The number of para-hydroxylation sites is 1. The zero-order valence-electron chi connectivity index (χ0n) is 12.6. The Kier molecular flexibility index (Phi) is 4.77. The fourth-order valence-electron chi connectivity index (χ4n) is 1.97. The number of benzene rings is 1. The number of carbonyl (C=O) groups excluding carboxylic acids is 2. The van der Waals surface area contributed by atoms with E-state index < -0.39 is 12.1 Å². The van der Waals surface area contributed by atoms with Crippen LogP contribution in [0.5, 0.6) is 5.75 Å². The SMILES string of the molecule is CCOC(=O)c1c(C)nn(C)c1NC(=O)Oc1ccccc1. The van der Waals surface area contributed by atoms with Gasteiger partial charge in [-0.15, -0.1) is 0 Å². The highest BCUT2D eigenvalue weighted by Gasteiger charge is 2.23. The second kappa shape index (κ2) is 6.75. The van der Waals surface area contributed by atoms with Crippen LogP contribution in [0.3, 0.4) is 0 Å². The van der Waals surface area contributed by atoms with Gasteiger partial charge in [-0.25, -0.2) is 9.59 Å². The van der Waals surface area contributed by atoms with Crippen molar-refractivity contribution in [1.82, 2.24) is 9.78 Å². The van der Waals surface area contributed by atoms with Gasteiger partial charge in [0.25, 0.3) is 0 Å². The number of nitrogens with one attached hydrogen (secondary N) is 1. The van der Waals surface area contributed by atoms with Crippen molar-refractivity contribution >= 4 is 17.9 Å². The number of ether oxygens (including phenoxy) is 2. The number of esters is 1. The number of rotatable bonds is 4. The minimum Gasteiger partial charge on any atom is -0.462 e. The summed E-state index contributed by atoms with van der Waals surface area (Å²) in [5.41, 5.74) is 0.685. The summed E-state index contributed by atoms with van der Waals surface area (Å²) in [7, 11) is 1.62. The molecule has 2 rings (SSSR count). The second-order valence-electron chi connectivity index (χ2n) is 4.48. The molecular weight excluding hydrogens is 286 g/mol. The van der Waals surface area contributed by atoms with E-state index in [4.69, 9.17) is 9.47 Å². The van der Waals surface area contributed by atoms with E-state index in [1.165, 1.54) is 4.68 Å². The second-order valence-corrected chi connectivity index (χ2v) is 4.48. The van der Waals surface area contributed by atoms with Crippen molar-refractivity contribution in [3.05, 3.63) is 41.6 Å². The smallest absolute Gasteiger partial charge is 0.418 e. The van der Waals surface area contributed by atoms with Gasteiger partial charge < -0.3 is 9.47 Å². The van der Waals surface area contributed by atoms with E-state index in [0.29, 0.717) is 11.4 Å². The summed E-state index contributed by atoms with van der Waals surface area (Å²) in [5.74, 6) is 0.0940. The average molecular weight is 303 g/mol. The first-order chi connectivity index (χ1) is 10.5. The number of hydrogen-bond donors (Lipinski definition) is 1. The van der Waals surface area contributed by atoms with Crippen molar-refractivity contribution < 1.29 is 19.1 Å². The van der Waals surface area contributed by atoms with Crippen molar-refractivity contribution in [1.29, 1.82) is 0 Å². The molecule has 0 aliphatic rings. The van der Waals surface area contributed by atoms with Gasteiger partial charge in [-0.2, -0.15) is 5.10 Å². The van der Waals surface area contributed by atoms with E-state index in [1.54, 1.807) is 45.2 Å². The van der Waals surface area contributed by atoms with Crippen LogP contribution in [-0.2, 0) is 11.8 Å². The van der Waals surface area contributed by atoms with Gasteiger partial charge in [0.05, 0.1) is 12.3 Å². The van der Waals surface area contributed by atoms with Crippen molar-refractivity contribution in [3.8, 4) is 5.75 Å². The third-order valence-electron chi connectivity index (χ3n) is 2.88. The Balaban J connectivity index is 2.18. The Morgan fingerprint density at radius 3 is 2.59 bits per heavy atom. The van der Waals surface area contributed by atoms with Crippen molar-refractivity contribution in [2.24, 2.45) is 7.05 Å². The summed E-state index contributed by atoms with van der Waals surface area (Å²) in [6.07, 6.45) is -0.709. The summed E-state index contributed by atoms with van der Waals surface area (Å²) in [6.45, 7) is 3.61. The topological polar surface area (TPSA) is 82.5 Å². The first-order valence-corrected chi connectivity index (χ1v) is 6.77. The Bertz CT molecular complexity index is 680. The lowest BCUT2D eigenvalue weighted by atomic mass is 10.2. The fourth-order valence-corrected chi connectivity index (χ4v) is 1.97. The Hall–Kier alpha value is -2.83. The van der Waals surface area contributed by atoms with Crippen LogP contribution in [-0.4, -0.2) is 28.4 Å². The van der Waals surface area contributed by atoms with E-state index in [-0.39, 0.29) is 18.0 Å². The molecule has 0 atom stereocenters. The lowest BCUT2D eigenvalue weighted by Gasteiger charge is -2.09. The number of nitrogens with zero attached hydrogens (tertiary/aromatic N) is 2. The first-order valence-electron chi connectivity index (χ1n) is 6.77. The highest BCUT2D eigenvalue weighted by Crippen LogP contribution is 2.20. The maximum absolute atomic E-state index is 12.0. The normalized spacial score (nSPS) is 10.1. The molecule has 0 aliphatic heterocycles. The molecule has 0 fully saturated rings. The van der Waals surface area contributed by atoms with Crippen LogP contribution in [0.1, 0.15) is 23.0 Å². The quantitative estimate of drug-likeness (QED) is 0.878. The average Bonchev–Trinajstić information content (AvgIpc) is 2.74. The highest BCUT2D eigenvalue weighted by molar-refractivity contribution is 6.00. The monoisotopic (exact) mass is 303 g/mol.